The van der Waals surface area contributed by atoms with Crippen LogP contribution < -0.4 is 4.72 Å². The molecule has 0 radical (unpaired) electrons. The fourth-order valence-corrected chi connectivity index (χ4v) is 3.08. The van der Waals surface area contributed by atoms with Gasteiger partial charge in [-0.05, 0) is 43.2 Å². The number of carbonyl (C=O) groups excluding carboxylic acids is 1. The lowest BCUT2D eigenvalue weighted by Crippen LogP contribution is -2.12. The number of methoxy groups -OCH3 is 1. The molecular formula is C17H19NO4S. The minimum absolute atomic E-state index is 0.220. The third-order valence-corrected chi connectivity index (χ3v) is 4.78. The summed E-state index contributed by atoms with van der Waals surface area (Å²) in [5.41, 5.74) is 2.42. The van der Waals surface area contributed by atoms with Crippen molar-refractivity contribution in [3.8, 4) is 0 Å². The van der Waals surface area contributed by atoms with Crippen molar-refractivity contribution in [1.29, 1.82) is 0 Å². The molecule has 0 amide bonds. The van der Waals surface area contributed by atoms with Gasteiger partial charge in [0.2, 0.25) is 0 Å². The molecule has 0 saturated carbocycles. The molecule has 0 saturated heterocycles. The highest BCUT2D eigenvalue weighted by Gasteiger charge is 2.13. The van der Waals surface area contributed by atoms with E-state index in [0.717, 1.165) is 11.1 Å². The van der Waals surface area contributed by atoms with Crippen LogP contribution in [-0.2, 0) is 26.0 Å². The topological polar surface area (TPSA) is 72.5 Å². The van der Waals surface area contributed by atoms with Gasteiger partial charge in [-0.3, -0.25) is 9.52 Å². The van der Waals surface area contributed by atoms with Crippen molar-refractivity contribution in [2.45, 2.75) is 24.7 Å². The number of carbonyl (C=O) groups is 1. The molecular weight excluding hydrogens is 314 g/mol. The summed E-state index contributed by atoms with van der Waals surface area (Å²) >= 11 is 0. The predicted octanol–water partition coefficient (Wildman–Crippen LogP) is 2.90. The molecule has 0 heterocycles. The highest BCUT2D eigenvalue weighted by molar-refractivity contribution is 7.92. The third kappa shape index (κ3) is 4.82. The first-order chi connectivity index (χ1) is 10.9. The Balaban J connectivity index is 2.05. The summed E-state index contributed by atoms with van der Waals surface area (Å²) in [6.45, 7) is 1.90. The van der Waals surface area contributed by atoms with Crippen molar-refractivity contribution in [3.05, 3.63) is 59.7 Å². The van der Waals surface area contributed by atoms with Crippen LogP contribution in [0.25, 0.3) is 0 Å². The second-order valence-corrected chi connectivity index (χ2v) is 6.87. The van der Waals surface area contributed by atoms with Crippen LogP contribution in [0.1, 0.15) is 17.5 Å². The molecule has 2 rings (SSSR count). The number of ether oxygens (including phenoxy) is 1. The largest absolute Gasteiger partial charge is 0.469 e. The molecule has 2 aromatic rings. The number of esters is 1. The molecule has 0 bridgehead atoms. The van der Waals surface area contributed by atoms with Gasteiger partial charge in [-0.25, -0.2) is 8.42 Å². The van der Waals surface area contributed by atoms with E-state index in [9.17, 15) is 13.2 Å². The van der Waals surface area contributed by atoms with E-state index in [2.05, 4.69) is 9.46 Å². The second kappa shape index (κ2) is 7.28. The number of sulfonamides is 1. The van der Waals surface area contributed by atoms with Gasteiger partial charge >= 0.3 is 5.97 Å². The quantitative estimate of drug-likeness (QED) is 0.825. The van der Waals surface area contributed by atoms with Crippen LogP contribution in [0.4, 0.5) is 5.69 Å². The Morgan fingerprint density at radius 3 is 2.22 bits per heavy atom. The predicted molar refractivity (Wildman–Crippen MR) is 88.8 cm³/mol. The van der Waals surface area contributed by atoms with Crippen LogP contribution in [0.2, 0.25) is 0 Å². The zero-order valence-electron chi connectivity index (χ0n) is 13.1. The lowest BCUT2D eigenvalue weighted by atomic mass is 10.1. The summed E-state index contributed by atoms with van der Waals surface area (Å²) in [6.07, 6.45) is 0.850. The Labute approximate surface area is 136 Å². The van der Waals surface area contributed by atoms with Crippen LogP contribution >= 0.6 is 0 Å². The summed E-state index contributed by atoms with van der Waals surface area (Å²) in [5, 5.41) is 0. The Hall–Kier alpha value is -2.34. The molecule has 0 fully saturated rings. The van der Waals surface area contributed by atoms with Crippen LogP contribution in [0.5, 0.6) is 0 Å². The van der Waals surface area contributed by atoms with Gasteiger partial charge in [0, 0.05) is 12.1 Å². The van der Waals surface area contributed by atoms with E-state index in [1.54, 1.807) is 48.5 Å². The number of rotatable bonds is 6. The van der Waals surface area contributed by atoms with E-state index in [1.807, 2.05) is 6.92 Å². The first-order valence-electron chi connectivity index (χ1n) is 7.16. The second-order valence-electron chi connectivity index (χ2n) is 5.19. The van der Waals surface area contributed by atoms with Crippen molar-refractivity contribution in [1.82, 2.24) is 0 Å². The van der Waals surface area contributed by atoms with Gasteiger partial charge in [0.05, 0.1) is 12.0 Å². The normalized spacial score (nSPS) is 11.0. The number of benzene rings is 2. The molecule has 0 unspecified atom stereocenters. The van der Waals surface area contributed by atoms with Crippen LogP contribution in [0.3, 0.4) is 0 Å². The molecule has 0 aliphatic carbocycles. The van der Waals surface area contributed by atoms with Gasteiger partial charge < -0.3 is 4.74 Å². The van der Waals surface area contributed by atoms with Crippen LogP contribution in [-0.4, -0.2) is 21.5 Å². The Bertz CT molecular complexity index is 765. The fraction of sp³-hybridized carbons (Fsp3) is 0.235. The average molecular weight is 333 g/mol. The van der Waals surface area contributed by atoms with Gasteiger partial charge in [0.25, 0.3) is 10.0 Å². The number of aryl methyl sites for hydroxylation is 2. The zero-order valence-corrected chi connectivity index (χ0v) is 13.9. The summed E-state index contributed by atoms with van der Waals surface area (Å²) < 4.78 is 31.7. The van der Waals surface area contributed by atoms with E-state index in [-0.39, 0.29) is 10.9 Å². The highest BCUT2D eigenvalue weighted by atomic mass is 32.2. The molecule has 5 nitrogen and oxygen atoms in total. The average Bonchev–Trinajstić information content (AvgIpc) is 2.54. The molecule has 0 spiro atoms. The van der Waals surface area contributed by atoms with Gasteiger partial charge in [-0.2, -0.15) is 0 Å². The van der Waals surface area contributed by atoms with E-state index in [4.69, 9.17) is 0 Å². The maximum Gasteiger partial charge on any atom is 0.305 e. The smallest absolute Gasteiger partial charge is 0.305 e. The van der Waals surface area contributed by atoms with Crippen molar-refractivity contribution in [2.75, 3.05) is 11.8 Å². The van der Waals surface area contributed by atoms with E-state index in [1.165, 1.54) is 7.11 Å². The minimum atomic E-state index is -3.60. The number of hydrogen-bond acceptors (Lipinski definition) is 4. The Morgan fingerprint density at radius 1 is 1.04 bits per heavy atom. The van der Waals surface area contributed by atoms with Crippen LogP contribution in [0, 0.1) is 6.92 Å². The molecule has 2 aromatic carbocycles. The summed E-state index contributed by atoms with van der Waals surface area (Å²) in [5.74, 6) is -0.269. The fourth-order valence-electron chi connectivity index (χ4n) is 2.02. The lowest BCUT2D eigenvalue weighted by Gasteiger charge is -2.09. The van der Waals surface area contributed by atoms with Crippen molar-refractivity contribution in [2.24, 2.45) is 0 Å². The Morgan fingerprint density at radius 2 is 1.65 bits per heavy atom. The molecule has 122 valence electrons. The summed E-state index contributed by atoms with van der Waals surface area (Å²) in [7, 11) is -2.24. The first kappa shape index (κ1) is 17.0. The summed E-state index contributed by atoms with van der Waals surface area (Å²) in [4.78, 5) is 11.3. The number of nitrogens with one attached hydrogen (secondary N) is 1. The van der Waals surface area contributed by atoms with Gasteiger partial charge in [-0.1, -0.05) is 29.8 Å². The SMILES string of the molecule is COC(=O)CCc1ccc(NS(=O)(=O)c2ccc(C)cc2)cc1. The monoisotopic (exact) mass is 333 g/mol. The highest BCUT2D eigenvalue weighted by Crippen LogP contribution is 2.17. The van der Waals surface area contributed by atoms with Crippen LogP contribution in [0.15, 0.2) is 53.4 Å². The van der Waals surface area contributed by atoms with Crippen molar-refractivity contribution < 1.29 is 17.9 Å². The van der Waals surface area contributed by atoms with Gasteiger partial charge in [0.1, 0.15) is 0 Å². The number of anilines is 1. The maximum atomic E-state index is 12.3. The first-order valence-corrected chi connectivity index (χ1v) is 8.64. The van der Waals surface area contributed by atoms with Gasteiger partial charge in [0.15, 0.2) is 0 Å². The van der Waals surface area contributed by atoms with E-state index < -0.39 is 10.0 Å². The maximum absolute atomic E-state index is 12.3. The molecule has 6 heteroatoms. The third-order valence-electron chi connectivity index (χ3n) is 3.38. The number of hydrogen-bond donors (Lipinski definition) is 1. The van der Waals surface area contributed by atoms with Crippen molar-refractivity contribution >= 4 is 21.7 Å². The molecule has 0 atom stereocenters. The zero-order chi connectivity index (χ0) is 16.9. The Kier molecular flexibility index (Phi) is 5.39. The van der Waals surface area contributed by atoms with Gasteiger partial charge in [-0.15, -0.1) is 0 Å². The van der Waals surface area contributed by atoms with E-state index in [0.29, 0.717) is 18.5 Å². The molecule has 0 aliphatic rings. The minimum Gasteiger partial charge on any atom is -0.469 e. The molecule has 23 heavy (non-hydrogen) atoms. The molecule has 1 N–H and O–H groups in total. The molecule has 0 aromatic heterocycles. The lowest BCUT2D eigenvalue weighted by molar-refractivity contribution is -0.140. The van der Waals surface area contributed by atoms with Crippen molar-refractivity contribution in [3.63, 3.8) is 0 Å². The summed E-state index contributed by atoms with van der Waals surface area (Å²) in [6, 6.07) is 13.6. The molecule has 0 aliphatic heterocycles. The van der Waals surface area contributed by atoms with E-state index >= 15 is 0 Å². The standard InChI is InChI=1S/C17H19NO4S/c1-13-3-10-16(11-4-13)23(20,21)18-15-8-5-14(6-9-15)7-12-17(19)22-2/h3-6,8-11,18H,7,12H2,1-2H3.